The summed E-state index contributed by atoms with van der Waals surface area (Å²) in [5.74, 6) is 3.15. The van der Waals surface area contributed by atoms with Gasteiger partial charge < -0.3 is 10.2 Å². The molecule has 2 bridgehead atoms. The molecule has 2 heteroatoms. The van der Waals surface area contributed by atoms with Crippen molar-refractivity contribution in [2.75, 3.05) is 33.2 Å². The minimum Gasteiger partial charge on any atom is -0.312 e. The van der Waals surface area contributed by atoms with Gasteiger partial charge in [-0.25, -0.2) is 0 Å². The number of rotatable bonds is 7. The molecule has 0 radical (unpaired) electrons. The number of fused-ring (bicyclic) bond motifs is 2. The zero-order valence-corrected chi connectivity index (χ0v) is 10.6. The van der Waals surface area contributed by atoms with E-state index in [0.29, 0.717) is 0 Å². The SMILES string of the molecule is C=CCNCCN(C)CC1CC2CCC1C2. The molecule has 3 atom stereocenters. The topological polar surface area (TPSA) is 15.3 Å². The number of likely N-dealkylation sites (N-methyl/N-ethyl adjacent to an activating group) is 1. The third kappa shape index (κ3) is 3.08. The molecule has 0 aromatic heterocycles. The summed E-state index contributed by atoms with van der Waals surface area (Å²) in [5.41, 5.74) is 0. The van der Waals surface area contributed by atoms with Crippen LogP contribution in [0.5, 0.6) is 0 Å². The first kappa shape index (κ1) is 12.1. The minimum atomic E-state index is 0.933. The number of hydrogen-bond donors (Lipinski definition) is 1. The molecule has 2 aliphatic carbocycles. The van der Waals surface area contributed by atoms with Gasteiger partial charge in [-0.3, -0.25) is 0 Å². The van der Waals surface area contributed by atoms with Crippen molar-refractivity contribution in [3.8, 4) is 0 Å². The van der Waals surface area contributed by atoms with Gasteiger partial charge in [0.1, 0.15) is 0 Å². The fraction of sp³-hybridized carbons (Fsp3) is 0.857. The Hall–Kier alpha value is -0.340. The monoisotopic (exact) mass is 222 g/mol. The van der Waals surface area contributed by atoms with Crippen molar-refractivity contribution in [3.05, 3.63) is 12.7 Å². The summed E-state index contributed by atoms with van der Waals surface area (Å²) < 4.78 is 0. The van der Waals surface area contributed by atoms with Gasteiger partial charge in [-0.05, 0) is 44.1 Å². The van der Waals surface area contributed by atoms with E-state index < -0.39 is 0 Å². The largest absolute Gasteiger partial charge is 0.312 e. The lowest BCUT2D eigenvalue weighted by molar-refractivity contribution is 0.220. The summed E-state index contributed by atoms with van der Waals surface area (Å²) in [6.07, 6.45) is 8.00. The molecule has 0 amide bonds. The van der Waals surface area contributed by atoms with Gasteiger partial charge in [-0.2, -0.15) is 0 Å². The molecule has 0 heterocycles. The Kier molecular flexibility index (Phi) is 4.42. The maximum absolute atomic E-state index is 3.71. The quantitative estimate of drug-likeness (QED) is 0.524. The fourth-order valence-corrected chi connectivity index (χ4v) is 3.57. The molecule has 0 aliphatic heterocycles. The van der Waals surface area contributed by atoms with Crippen LogP contribution in [-0.4, -0.2) is 38.1 Å². The maximum atomic E-state index is 3.71. The highest BCUT2D eigenvalue weighted by Gasteiger charge is 2.39. The van der Waals surface area contributed by atoms with E-state index >= 15 is 0 Å². The Labute approximate surface area is 100 Å². The van der Waals surface area contributed by atoms with E-state index in [1.165, 1.54) is 38.8 Å². The first-order valence-electron chi connectivity index (χ1n) is 6.79. The van der Waals surface area contributed by atoms with E-state index in [0.717, 1.165) is 30.8 Å². The molecular weight excluding hydrogens is 196 g/mol. The third-order valence-electron chi connectivity index (χ3n) is 4.39. The van der Waals surface area contributed by atoms with E-state index in [1.807, 2.05) is 6.08 Å². The summed E-state index contributed by atoms with van der Waals surface area (Å²) in [7, 11) is 2.27. The van der Waals surface area contributed by atoms with Gasteiger partial charge in [-0.15, -0.1) is 6.58 Å². The van der Waals surface area contributed by atoms with Crippen LogP contribution in [-0.2, 0) is 0 Å². The highest BCUT2D eigenvalue weighted by atomic mass is 15.1. The van der Waals surface area contributed by atoms with E-state index in [4.69, 9.17) is 0 Å². The summed E-state index contributed by atoms with van der Waals surface area (Å²) in [5, 5.41) is 3.37. The van der Waals surface area contributed by atoms with Crippen molar-refractivity contribution in [2.45, 2.75) is 25.7 Å². The predicted molar refractivity (Wildman–Crippen MR) is 69.5 cm³/mol. The van der Waals surface area contributed by atoms with Crippen LogP contribution >= 0.6 is 0 Å². The number of hydrogen-bond acceptors (Lipinski definition) is 2. The Bertz CT molecular complexity index is 227. The lowest BCUT2D eigenvalue weighted by Crippen LogP contribution is -2.34. The van der Waals surface area contributed by atoms with Crippen molar-refractivity contribution >= 4 is 0 Å². The molecule has 92 valence electrons. The van der Waals surface area contributed by atoms with E-state index in [-0.39, 0.29) is 0 Å². The second-order valence-electron chi connectivity index (χ2n) is 5.69. The zero-order chi connectivity index (χ0) is 11.4. The lowest BCUT2D eigenvalue weighted by atomic mass is 9.88. The lowest BCUT2D eigenvalue weighted by Gasteiger charge is -2.27. The van der Waals surface area contributed by atoms with Crippen LogP contribution < -0.4 is 5.32 Å². The van der Waals surface area contributed by atoms with Crippen LogP contribution in [0.1, 0.15) is 25.7 Å². The fourth-order valence-electron chi connectivity index (χ4n) is 3.57. The molecule has 2 nitrogen and oxygen atoms in total. The first-order valence-corrected chi connectivity index (χ1v) is 6.79. The average molecular weight is 222 g/mol. The molecule has 0 aromatic carbocycles. The summed E-state index contributed by atoms with van der Waals surface area (Å²) in [6.45, 7) is 8.21. The van der Waals surface area contributed by atoms with Crippen LogP contribution in [0.15, 0.2) is 12.7 Å². The molecule has 0 spiro atoms. The molecular formula is C14H26N2. The van der Waals surface area contributed by atoms with Crippen molar-refractivity contribution in [3.63, 3.8) is 0 Å². The zero-order valence-electron chi connectivity index (χ0n) is 10.6. The van der Waals surface area contributed by atoms with Gasteiger partial charge in [0, 0.05) is 26.2 Å². The van der Waals surface area contributed by atoms with Gasteiger partial charge in [0.2, 0.25) is 0 Å². The standard InChI is InChI=1S/C14H26N2/c1-3-6-15-7-8-16(2)11-14-10-12-4-5-13(14)9-12/h3,12-15H,1,4-11H2,2H3. The van der Waals surface area contributed by atoms with Gasteiger partial charge in [0.05, 0.1) is 0 Å². The third-order valence-corrected chi connectivity index (χ3v) is 4.39. The van der Waals surface area contributed by atoms with E-state index in [1.54, 1.807) is 0 Å². The van der Waals surface area contributed by atoms with Crippen LogP contribution in [0, 0.1) is 17.8 Å². The first-order chi connectivity index (χ1) is 7.79. The molecule has 2 saturated carbocycles. The second-order valence-corrected chi connectivity index (χ2v) is 5.69. The summed E-state index contributed by atoms with van der Waals surface area (Å²) >= 11 is 0. The van der Waals surface area contributed by atoms with Crippen molar-refractivity contribution in [1.29, 1.82) is 0 Å². The molecule has 3 unspecified atom stereocenters. The molecule has 2 rings (SSSR count). The number of nitrogens with one attached hydrogen (secondary N) is 1. The second kappa shape index (κ2) is 5.83. The van der Waals surface area contributed by atoms with Crippen molar-refractivity contribution in [2.24, 2.45) is 17.8 Å². The highest BCUT2D eigenvalue weighted by molar-refractivity contribution is 4.90. The smallest absolute Gasteiger partial charge is 0.0132 e. The minimum absolute atomic E-state index is 0.933. The van der Waals surface area contributed by atoms with Crippen molar-refractivity contribution < 1.29 is 0 Å². The number of nitrogens with zero attached hydrogens (tertiary/aromatic N) is 1. The maximum Gasteiger partial charge on any atom is 0.0132 e. The highest BCUT2D eigenvalue weighted by Crippen LogP contribution is 2.48. The van der Waals surface area contributed by atoms with Crippen molar-refractivity contribution in [1.82, 2.24) is 10.2 Å². The normalized spacial score (nSPS) is 32.5. The molecule has 0 aromatic rings. The molecule has 2 fully saturated rings. The van der Waals surface area contributed by atoms with Crippen LogP contribution in [0.2, 0.25) is 0 Å². The Morgan fingerprint density at radius 3 is 2.88 bits per heavy atom. The van der Waals surface area contributed by atoms with E-state index in [2.05, 4.69) is 23.8 Å². The summed E-state index contributed by atoms with van der Waals surface area (Å²) in [6, 6.07) is 0. The van der Waals surface area contributed by atoms with E-state index in [9.17, 15) is 0 Å². The molecule has 1 N–H and O–H groups in total. The average Bonchev–Trinajstić information content (AvgIpc) is 2.86. The van der Waals surface area contributed by atoms with Gasteiger partial charge in [-0.1, -0.05) is 12.5 Å². The van der Waals surface area contributed by atoms with Gasteiger partial charge in [0.15, 0.2) is 0 Å². The van der Waals surface area contributed by atoms with Crippen LogP contribution in [0.4, 0.5) is 0 Å². The Morgan fingerprint density at radius 1 is 1.38 bits per heavy atom. The molecule has 0 saturated heterocycles. The predicted octanol–water partition coefficient (Wildman–Crippen LogP) is 2.13. The molecule has 2 aliphatic rings. The summed E-state index contributed by atoms with van der Waals surface area (Å²) in [4.78, 5) is 2.50. The van der Waals surface area contributed by atoms with Crippen LogP contribution in [0.25, 0.3) is 0 Å². The Morgan fingerprint density at radius 2 is 2.25 bits per heavy atom. The van der Waals surface area contributed by atoms with Gasteiger partial charge in [0.25, 0.3) is 0 Å². The molecule has 16 heavy (non-hydrogen) atoms. The van der Waals surface area contributed by atoms with Gasteiger partial charge >= 0.3 is 0 Å². The van der Waals surface area contributed by atoms with Crippen LogP contribution in [0.3, 0.4) is 0 Å². The Balaban J connectivity index is 1.60.